The van der Waals surface area contributed by atoms with Crippen molar-refractivity contribution in [2.45, 2.75) is 32.2 Å². The van der Waals surface area contributed by atoms with Crippen LogP contribution < -0.4 is 4.74 Å². The molecule has 3 rings (SSSR count). The number of benzene rings is 1. The normalized spacial score (nSPS) is 21.6. The number of carbonyl (C=O) groups excluding carboxylic acids is 1. The third kappa shape index (κ3) is 2.93. The summed E-state index contributed by atoms with van der Waals surface area (Å²) in [4.78, 5) is 17.8. The van der Waals surface area contributed by atoms with Crippen LogP contribution in [0.3, 0.4) is 0 Å². The maximum atomic E-state index is 12.8. The number of hydrogen-bond acceptors (Lipinski definition) is 3. The van der Waals surface area contributed by atoms with Gasteiger partial charge in [-0.05, 0) is 36.5 Å². The van der Waals surface area contributed by atoms with E-state index in [4.69, 9.17) is 4.74 Å². The minimum atomic E-state index is -0.0663. The molecule has 2 atom stereocenters. The van der Waals surface area contributed by atoms with Crippen LogP contribution in [0.5, 0.6) is 5.75 Å². The Kier molecular flexibility index (Phi) is 4.57. The molecule has 1 aromatic carbocycles. The van der Waals surface area contributed by atoms with Crippen molar-refractivity contribution in [2.24, 2.45) is 5.92 Å². The maximum Gasteiger partial charge on any atom is 0.227 e. The van der Waals surface area contributed by atoms with Gasteiger partial charge in [-0.2, -0.15) is 0 Å². The lowest BCUT2D eigenvalue weighted by Gasteiger charge is -2.39. The zero-order valence-corrected chi connectivity index (χ0v) is 13.7. The molecule has 1 saturated heterocycles. The molecule has 2 N–H and O–H groups in total. The first kappa shape index (κ1) is 15.9. The number of hydrogen-bond donors (Lipinski definition) is 2. The van der Waals surface area contributed by atoms with Crippen molar-refractivity contribution in [3.05, 3.63) is 30.0 Å². The molecule has 5 heteroatoms. The summed E-state index contributed by atoms with van der Waals surface area (Å²) in [6.45, 7) is 2.87. The summed E-state index contributed by atoms with van der Waals surface area (Å²) < 4.78 is 5.43. The summed E-state index contributed by atoms with van der Waals surface area (Å²) in [5.74, 6) is 1.19. The van der Waals surface area contributed by atoms with Gasteiger partial charge in [-0.15, -0.1) is 0 Å². The molecule has 1 aliphatic heterocycles. The van der Waals surface area contributed by atoms with Gasteiger partial charge in [0.1, 0.15) is 5.75 Å². The van der Waals surface area contributed by atoms with E-state index >= 15 is 0 Å². The Morgan fingerprint density at radius 1 is 1.48 bits per heavy atom. The zero-order valence-electron chi connectivity index (χ0n) is 13.7. The number of aliphatic hydroxyl groups is 1. The van der Waals surface area contributed by atoms with Crippen LogP contribution in [-0.4, -0.2) is 47.2 Å². The second-order valence-corrected chi connectivity index (χ2v) is 6.33. The summed E-state index contributed by atoms with van der Waals surface area (Å²) in [6.07, 6.45) is 4.27. The first-order valence-corrected chi connectivity index (χ1v) is 8.19. The molecule has 1 aromatic heterocycles. The number of aromatic nitrogens is 1. The molecule has 1 amide bonds. The van der Waals surface area contributed by atoms with Crippen molar-refractivity contribution in [1.82, 2.24) is 9.88 Å². The summed E-state index contributed by atoms with van der Waals surface area (Å²) in [7, 11) is 1.64. The van der Waals surface area contributed by atoms with Gasteiger partial charge in [-0.25, -0.2) is 0 Å². The summed E-state index contributed by atoms with van der Waals surface area (Å²) >= 11 is 0. The van der Waals surface area contributed by atoms with Crippen molar-refractivity contribution >= 4 is 16.8 Å². The summed E-state index contributed by atoms with van der Waals surface area (Å²) in [6, 6.07) is 5.75. The minimum Gasteiger partial charge on any atom is -0.496 e. The van der Waals surface area contributed by atoms with E-state index < -0.39 is 0 Å². The molecule has 1 aliphatic rings. The molecular formula is C18H24N2O3. The number of carbonyl (C=O) groups is 1. The van der Waals surface area contributed by atoms with E-state index in [9.17, 15) is 9.90 Å². The highest BCUT2D eigenvalue weighted by atomic mass is 16.5. The fourth-order valence-electron chi connectivity index (χ4n) is 3.63. The molecule has 2 unspecified atom stereocenters. The maximum absolute atomic E-state index is 12.8. The number of amides is 1. The number of rotatable bonds is 4. The van der Waals surface area contributed by atoms with Crippen LogP contribution in [0.15, 0.2) is 24.4 Å². The molecule has 1 fully saturated rings. The number of H-pyrrole nitrogens is 1. The van der Waals surface area contributed by atoms with Gasteiger partial charge in [0.15, 0.2) is 0 Å². The standard InChI is InChI=1S/C18H24N2O3/c1-12-5-4-8-20(15(12)11-21)17(22)9-13-10-19-14-6-3-7-16(23-2)18(13)14/h3,6-7,10,12,15,19,21H,4-5,8-9,11H2,1-2H3. The molecule has 124 valence electrons. The average Bonchev–Trinajstić information content (AvgIpc) is 2.97. The highest BCUT2D eigenvalue weighted by Crippen LogP contribution is 2.30. The topological polar surface area (TPSA) is 65.6 Å². The fourth-order valence-corrected chi connectivity index (χ4v) is 3.63. The largest absolute Gasteiger partial charge is 0.496 e. The van der Waals surface area contributed by atoms with Crippen LogP contribution in [0.1, 0.15) is 25.3 Å². The Hall–Kier alpha value is -2.01. The van der Waals surface area contributed by atoms with Crippen LogP contribution in [-0.2, 0) is 11.2 Å². The molecular weight excluding hydrogens is 292 g/mol. The molecule has 0 saturated carbocycles. The number of nitrogens with one attached hydrogen (secondary N) is 1. The van der Waals surface area contributed by atoms with Gasteiger partial charge >= 0.3 is 0 Å². The van der Waals surface area contributed by atoms with Crippen molar-refractivity contribution < 1.29 is 14.6 Å². The molecule has 0 radical (unpaired) electrons. The van der Waals surface area contributed by atoms with Gasteiger partial charge in [0.2, 0.25) is 5.91 Å². The van der Waals surface area contributed by atoms with Gasteiger partial charge in [0.05, 0.1) is 26.2 Å². The minimum absolute atomic E-state index is 0.0319. The SMILES string of the molecule is COc1cccc2[nH]cc(CC(=O)N3CCCC(C)C3CO)c12. The van der Waals surface area contributed by atoms with E-state index in [-0.39, 0.29) is 18.6 Å². The third-order valence-corrected chi connectivity index (χ3v) is 4.93. The molecule has 0 bridgehead atoms. The lowest BCUT2D eigenvalue weighted by atomic mass is 9.91. The predicted octanol–water partition coefficient (Wildman–Crippen LogP) is 2.34. The number of aromatic amines is 1. The molecule has 0 aliphatic carbocycles. The van der Waals surface area contributed by atoms with Crippen LogP contribution in [0, 0.1) is 5.92 Å². The van der Waals surface area contributed by atoms with Gasteiger partial charge in [0.25, 0.3) is 0 Å². The third-order valence-electron chi connectivity index (χ3n) is 4.93. The second-order valence-electron chi connectivity index (χ2n) is 6.33. The number of nitrogens with zero attached hydrogens (tertiary/aromatic N) is 1. The quantitative estimate of drug-likeness (QED) is 0.910. The van der Waals surface area contributed by atoms with Gasteiger partial charge in [0, 0.05) is 23.6 Å². The Morgan fingerprint density at radius 2 is 2.30 bits per heavy atom. The summed E-state index contributed by atoms with van der Waals surface area (Å²) in [5, 5.41) is 10.6. The first-order valence-electron chi connectivity index (χ1n) is 8.19. The fraction of sp³-hybridized carbons (Fsp3) is 0.500. The number of methoxy groups -OCH3 is 1. The van der Waals surface area contributed by atoms with Crippen LogP contribution >= 0.6 is 0 Å². The van der Waals surface area contributed by atoms with Gasteiger partial charge < -0.3 is 19.7 Å². The number of fused-ring (bicyclic) bond motifs is 1. The van der Waals surface area contributed by atoms with E-state index in [2.05, 4.69) is 11.9 Å². The predicted molar refractivity (Wildman–Crippen MR) is 89.5 cm³/mol. The smallest absolute Gasteiger partial charge is 0.227 e. The zero-order chi connectivity index (χ0) is 16.4. The van der Waals surface area contributed by atoms with E-state index in [0.29, 0.717) is 12.3 Å². The Labute approximate surface area is 136 Å². The molecule has 2 heterocycles. The van der Waals surface area contributed by atoms with E-state index in [1.807, 2.05) is 29.3 Å². The molecule has 5 nitrogen and oxygen atoms in total. The highest BCUT2D eigenvalue weighted by Gasteiger charge is 2.31. The second kappa shape index (κ2) is 6.62. The molecule has 0 spiro atoms. The Bertz CT molecular complexity index is 695. The lowest BCUT2D eigenvalue weighted by molar-refractivity contribution is -0.136. The average molecular weight is 316 g/mol. The van der Waals surface area contributed by atoms with Crippen LogP contribution in [0.4, 0.5) is 0 Å². The van der Waals surface area contributed by atoms with Gasteiger partial charge in [-0.3, -0.25) is 4.79 Å². The Balaban J connectivity index is 1.85. The number of piperidine rings is 1. The van der Waals surface area contributed by atoms with Crippen molar-refractivity contribution in [3.8, 4) is 5.75 Å². The number of aliphatic hydroxyl groups excluding tert-OH is 1. The van der Waals surface area contributed by atoms with E-state index in [1.54, 1.807) is 7.11 Å². The van der Waals surface area contributed by atoms with Crippen LogP contribution in [0.2, 0.25) is 0 Å². The van der Waals surface area contributed by atoms with Crippen molar-refractivity contribution in [3.63, 3.8) is 0 Å². The molecule has 23 heavy (non-hydrogen) atoms. The molecule has 2 aromatic rings. The highest BCUT2D eigenvalue weighted by molar-refractivity contribution is 5.93. The van der Waals surface area contributed by atoms with E-state index in [0.717, 1.165) is 41.6 Å². The lowest BCUT2D eigenvalue weighted by Crippen LogP contribution is -2.50. The van der Waals surface area contributed by atoms with Crippen molar-refractivity contribution in [2.75, 3.05) is 20.3 Å². The number of likely N-dealkylation sites (tertiary alicyclic amines) is 1. The van der Waals surface area contributed by atoms with Crippen LogP contribution in [0.25, 0.3) is 10.9 Å². The van der Waals surface area contributed by atoms with E-state index in [1.165, 1.54) is 0 Å². The number of ether oxygens (including phenoxy) is 1. The van der Waals surface area contributed by atoms with Crippen molar-refractivity contribution in [1.29, 1.82) is 0 Å². The monoisotopic (exact) mass is 316 g/mol. The summed E-state index contributed by atoms with van der Waals surface area (Å²) in [5.41, 5.74) is 1.91. The van der Waals surface area contributed by atoms with Gasteiger partial charge in [-0.1, -0.05) is 13.0 Å². The Morgan fingerprint density at radius 3 is 3.04 bits per heavy atom. The first-order chi connectivity index (χ1) is 11.2.